The molecular formula is C11H11N5. The molecule has 0 unspecified atom stereocenters. The van der Waals surface area contributed by atoms with Crippen molar-refractivity contribution in [2.75, 3.05) is 7.05 Å². The number of rotatable bonds is 3. The van der Waals surface area contributed by atoms with E-state index in [1.165, 1.54) is 0 Å². The van der Waals surface area contributed by atoms with Crippen LogP contribution >= 0.6 is 0 Å². The molecule has 0 saturated heterocycles. The highest BCUT2D eigenvalue weighted by Gasteiger charge is 2.01. The van der Waals surface area contributed by atoms with Crippen LogP contribution in [-0.4, -0.2) is 22.0 Å². The summed E-state index contributed by atoms with van der Waals surface area (Å²) in [6.07, 6.45) is 1.72. The van der Waals surface area contributed by atoms with E-state index < -0.39 is 0 Å². The lowest BCUT2D eigenvalue weighted by Crippen LogP contribution is -2.06. The summed E-state index contributed by atoms with van der Waals surface area (Å²) < 4.78 is 0. The second kappa shape index (κ2) is 4.55. The van der Waals surface area contributed by atoms with Gasteiger partial charge < -0.3 is 5.32 Å². The van der Waals surface area contributed by atoms with Crippen LogP contribution in [0.3, 0.4) is 0 Å². The Morgan fingerprint density at radius 2 is 2.12 bits per heavy atom. The van der Waals surface area contributed by atoms with Crippen LogP contribution in [0, 0.1) is 11.3 Å². The Kier molecular flexibility index (Phi) is 2.94. The molecule has 0 aliphatic heterocycles. The Hall–Kier alpha value is -2.19. The second-order valence-electron chi connectivity index (χ2n) is 3.31. The second-order valence-corrected chi connectivity index (χ2v) is 3.31. The zero-order valence-electron chi connectivity index (χ0n) is 8.88. The maximum absolute atomic E-state index is 8.68. The smallest absolute Gasteiger partial charge is 0.0991 e. The summed E-state index contributed by atoms with van der Waals surface area (Å²) in [6.45, 7) is 0.691. The number of hydrogen-bond acceptors (Lipinski definition) is 4. The number of benzene rings is 1. The van der Waals surface area contributed by atoms with Gasteiger partial charge in [0.05, 0.1) is 29.2 Å². The minimum Gasteiger partial charge on any atom is -0.314 e. The monoisotopic (exact) mass is 213 g/mol. The van der Waals surface area contributed by atoms with Crippen LogP contribution in [0.4, 0.5) is 0 Å². The molecule has 1 aromatic carbocycles. The maximum atomic E-state index is 8.68. The first-order valence-electron chi connectivity index (χ1n) is 4.90. The van der Waals surface area contributed by atoms with Crippen LogP contribution < -0.4 is 5.32 Å². The van der Waals surface area contributed by atoms with Gasteiger partial charge in [-0.1, -0.05) is 0 Å². The van der Waals surface area contributed by atoms with Gasteiger partial charge in [0.15, 0.2) is 0 Å². The molecule has 1 N–H and O–H groups in total. The fourth-order valence-electron chi connectivity index (χ4n) is 1.35. The molecule has 0 saturated carbocycles. The average Bonchev–Trinajstić information content (AvgIpc) is 2.78. The highest BCUT2D eigenvalue weighted by molar-refractivity contribution is 5.37. The van der Waals surface area contributed by atoms with E-state index in [9.17, 15) is 0 Å². The molecule has 0 atom stereocenters. The largest absolute Gasteiger partial charge is 0.314 e. The van der Waals surface area contributed by atoms with E-state index in [0.29, 0.717) is 12.1 Å². The third kappa shape index (κ3) is 2.07. The lowest BCUT2D eigenvalue weighted by Gasteiger charge is -1.98. The van der Waals surface area contributed by atoms with Gasteiger partial charge in [0.1, 0.15) is 0 Å². The first-order valence-corrected chi connectivity index (χ1v) is 4.90. The topological polar surface area (TPSA) is 66.5 Å². The predicted molar refractivity (Wildman–Crippen MR) is 58.8 cm³/mol. The van der Waals surface area contributed by atoms with Crippen LogP contribution in [0.2, 0.25) is 0 Å². The molecule has 2 rings (SSSR count). The third-order valence-corrected chi connectivity index (χ3v) is 2.12. The minimum absolute atomic E-state index is 0.631. The van der Waals surface area contributed by atoms with E-state index in [4.69, 9.17) is 5.26 Å². The standard InChI is InChI=1S/C11H11N5/c1-13-7-10-8-14-16(15-10)11-4-2-9(6-12)3-5-11/h2-5,8,13H,7H2,1H3. The molecule has 0 amide bonds. The van der Waals surface area contributed by atoms with Gasteiger partial charge in [-0.05, 0) is 31.3 Å². The van der Waals surface area contributed by atoms with Crippen molar-refractivity contribution in [2.24, 2.45) is 0 Å². The normalized spacial score (nSPS) is 10.0. The summed E-state index contributed by atoms with van der Waals surface area (Å²) in [7, 11) is 1.86. The summed E-state index contributed by atoms with van der Waals surface area (Å²) in [5, 5.41) is 20.1. The van der Waals surface area contributed by atoms with Gasteiger partial charge in [0.2, 0.25) is 0 Å². The first kappa shape index (κ1) is 10.3. The van der Waals surface area contributed by atoms with E-state index >= 15 is 0 Å². The van der Waals surface area contributed by atoms with Gasteiger partial charge in [-0.15, -0.1) is 0 Å². The van der Waals surface area contributed by atoms with Crippen molar-refractivity contribution in [2.45, 2.75) is 6.54 Å². The van der Waals surface area contributed by atoms with Crippen LogP contribution in [0.1, 0.15) is 11.3 Å². The Morgan fingerprint density at radius 1 is 1.38 bits per heavy atom. The van der Waals surface area contributed by atoms with E-state index in [1.54, 1.807) is 23.1 Å². The summed E-state index contributed by atoms with van der Waals surface area (Å²) in [4.78, 5) is 1.55. The molecule has 2 aromatic rings. The molecule has 0 aliphatic rings. The quantitative estimate of drug-likeness (QED) is 0.821. The highest BCUT2D eigenvalue weighted by Crippen LogP contribution is 2.07. The Bertz CT molecular complexity index is 506. The van der Waals surface area contributed by atoms with Crippen LogP contribution in [0.15, 0.2) is 30.5 Å². The van der Waals surface area contributed by atoms with Crippen molar-refractivity contribution >= 4 is 0 Å². The zero-order chi connectivity index (χ0) is 11.4. The molecule has 0 spiro atoms. The number of nitriles is 1. The predicted octanol–water partition coefficient (Wildman–Crippen LogP) is 0.858. The molecule has 5 heteroatoms. The molecule has 5 nitrogen and oxygen atoms in total. The summed E-state index contributed by atoms with van der Waals surface area (Å²) in [5.41, 5.74) is 2.36. The first-order chi connectivity index (χ1) is 7.83. The molecule has 0 aliphatic carbocycles. The van der Waals surface area contributed by atoms with Crippen LogP contribution in [-0.2, 0) is 6.54 Å². The van der Waals surface area contributed by atoms with E-state index in [2.05, 4.69) is 21.6 Å². The lowest BCUT2D eigenvalue weighted by atomic mass is 10.2. The number of hydrogen-bond donors (Lipinski definition) is 1. The van der Waals surface area contributed by atoms with Gasteiger partial charge in [-0.2, -0.15) is 20.3 Å². The molecule has 1 heterocycles. The average molecular weight is 213 g/mol. The van der Waals surface area contributed by atoms with Crippen molar-refractivity contribution in [3.63, 3.8) is 0 Å². The van der Waals surface area contributed by atoms with E-state index in [1.807, 2.05) is 19.2 Å². The molecule has 16 heavy (non-hydrogen) atoms. The van der Waals surface area contributed by atoms with Crippen molar-refractivity contribution in [3.8, 4) is 11.8 Å². The number of nitrogens with zero attached hydrogens (tertiary/aromatic N) is 4. The Balaban J connectivity index is 2.25. The van der Waals surface area contributed by atoms with Gasteiger partial charge >= 0.3 is 0 Å². The fourth-order valence-corrected chi connectivity index (χ4v) is 1.35. The van der Waals surface area contributed by atoms with Crippen molar-refractivity contribution in [1.29, 1.82) is 5.26 Å². The molecule has 80 valence electrons. The zero-order valence-corrected chi connectivity index (χ0v) is 8.88. The Morgan fingerprint density at radius 3 is 2.75 bits per heavy atom. The molecular weight excluding hydrogens is 202 g/mol. The van der Waals surface area contributed by atoms with Gasteiger partial charge in [0.25, 0.3) is 0 Å². The highest BCUT2D eigenvalue weighted by atomic mass is 15.5. The Labute approximate surface area is 93.3 Å². The fraction of sp³-hybridized carbons (Fsp3) is 0.182. The van der Waals surface area contributed by atoms with Crippen LogP contribution in [0.5, 0.6) is 0 Å². The summed E-state index contributed by atoms with van der Waals surface area (Å²) in [5.74, 6) is 0. The summed E-state index contributed by atoms with van der Waals surface area (Å²) >= 11 is 0. The van der Waals surface area contributed by atoms with Crippen LogP contribution in [0.25, 0.3) is 5.69 Å². The lowest BCUT2D eigenvalue weighted by molar-refractivity contribution is 0.716. The third-order valence-electron chi connectivity index (χ3n) is 2.12. The maximum Gasteiger partial charge on any atom is 0.0991 e. The molecule has 0 radical (unpaired) electrons. The number of aromatic nitrogens is 3. The van der Waals surface area contributed by atoms with Gasteiger partial charge in [0, 0.05) is 6.54 Å². The van der Waals surface area contributed by atoms with Crippen molar-refractivity contribution in [1.82, 2.24) is 20.3 Å². The SMILES string of the molecule is CNCc1cnn(-c2ccc(C#N)cc2)n1. The van der Waals surface area contributed by atoms with Gasteiger partial charge in [-0.3, -0.25) is 0 Å². The molecule has 1 aromatic heterocycles. The minimum atomic E-state index is 0.631. The van der Waals surface area contributed by atoms with Gasteiger partial charge in [-0.25, -0.2) is 0 Å². The van der Waals surface area contributed by atoms with E-state index in [0.717, 1.165) is 11.4 Å². The number of nitrogens with one attached hydrogen (secondary N) is 1. The molecule has 0 fully saturated rings. The summed E-state index contributed by atoms with van der Waals surface area (Å²) in [6, 6.07) is 9.21. The van der Waals surface area contributed by atoms with Crippen molar-refractivity contribution < 1.29 is 0 Å². The molecule has 0 bridgehead atoms. The van der Waals surface area contributed by atoms with E-state index in [-0.39, 0.29) is 0 Å². The van der Waals surface area contributed by atoms with Crippen molar-refractivity contribution in [3.05, 3.63) is 41.7 Å².